The third-order valence-electron chi connectivity index (χ3n) is 6.94. The van der Waals surface area contributed by atoms with Crippen LogP contribution in [0.25, 0.3) is 22.3 Å². The number of hydrogen-bond acceptors (Lipinski definition) is 7. The van der Waals surface area contributed by atoms with Gasteiger partial charge in [0.1, 0.15) is 23.7 Å². The van der Waals surface area contributed by atoms with Gasteiger partial charge in [0.2, 0.25) is 0 Å². The predicted octanol–water partition coefficient (Wildman–Crippen LogP) is 5.22. The van der Waals surface area contributed by atoms with Crippen molar-refractivity contribution in [3.8, 4) is 22.3 Å². The quantitative estimate of drug-likeness (QED) is 0.227. The number of aliphatic hydroxyl groups is 2. The van der Waals surface area contributed by atoms with Gasteiger partial charge in [0, 0.05) is 22.9 Å². The van der Waals surface area contributed by atoms with Crippen molar-refractivity contribution in [2.45, 2.75) is 84.2 Å². The van der Waals surface area contributed by atoms with E-state index in [4.69, 9.17) is 4.74 Å². The molecule has 3 rings (SSSR count). The zero-order valence-corrected chi connectivity index (χ0v) is 26.2. The zero-order valence-electron chi connectivity index (χ0n) is 26.2. The van der Waals surface area contributed by atoms with Crippen LogP contribution < -0.4 is 5.32 Å². The fourth-order valence-electron chi connectivity index (χ4n) is 5.20. The van der Waals surface area contributed by atoms with Gasteiger partial charge in [-0.25, -0.2) is 4.39 Å². The number of halogens is 1. The van der Waals surface area contributed by atoms with Gasteiger partial charge in [-0.05, 0) is 77.1 Å². The summed E-state index contributed by atoms with van der Waals surface area (Å²) < 4.78 is 25.9. The number of benzene rings is 2. The molecule has 2 aromatic carbocycles. The maximum Gasteiger partial charge on any atom is 0.325 e. The van der Waals surface area contributed by atoms with Crippen molar-refractivity contribution < 1.29 is 38.5 Å². The van der Waals surface area contributed by atoms with Gasteiger partial charge in [-0.2, -0.15) is 0 Å². The molecule has 0 aliphatic heterocycles. The molecule has 3 aromatic rings. The van der Waals surface area contributed by atoms with Gasteiger partial charge in [0.15, 0.2) is 0 Å². The molecule has 9 nitrogen and oxygen atoms in total. The first kappa shape index (κ1) is 34.5. The van der Waals surface area contributed by atoms with Crippen molar-refractivity contribution >= 4 is 17.8 Å². The molecule has 1 heterocycles. The number of esters is 2. The van der Waals surface area contributed by atoms with Gasteiger partial charge in [0.25, 0.3) is 5.91 Å². The van der Waals surface area contributed by atoms with Gasteiger partial charge >= 0.3 is 11.9 Å². The van der Waals surface area contributed by atoms with E-state index in [1.54, 1.807) is 32.9 Å². The highest BCUT2D eigenvalue weighted by molar-refractivity contribution is 6.06. The molecule has 3 N–H and O–H groups in total. The van der Waals surface area contributed by atoms with Crippen molar-refractivity contribution in [3.63, 3.8) is 0 Å². The Morgan fingerprint density at radius 3 is 2.09 bits per heavy atom. The Morgan fingerprint density at radius 2 is 1.52 bits per heavy atom. The second kappa shape index (κ2) is 15.1. The van der Waals surface area contributed by atoms with Crippen LogP contribution in [0.4, 0.5) is 4.39 Å². The highest BCUT2D eigenvalue weighted by Gasteiger charge is 2.31. The monoisotopic (exact) mass is 610 g/mol. The summed E-state index contributed by atoms with van der Waals surface area (Å²) in [5.41, 5.74) is 3.00. The lowest BCUT2D eigenvalue weighted by atomic mass is 9.92. The third kappa shape index (κ3) is 9.24. The molecule has 238 valence electrons. The van der Waals surface area contributed by atoms with Crippen molar-refractivity contribution in [1.29, 1.82) is 0 Å². The number of aliphatic hydroxyl groups excluding tert-OH is 2. The number of amides is 1. The largest absolute Gasteiger partial charge is 0.469 e. The van der Waals surface area contributed by atoms with E-state index < -0.39 is 41.5 Å². The van der Waals surface area contributed by atoms with Gasteiger partial charge in [0.05, 0.1) is 25.7 Å². The number of ether oxygens (including phenoxy) is 2. The summed E-state index contributed by atoms with van der Waals surface area (Å²) in [6, 6.07) is 15.1. The Labute approximate surface area is 258 Å². The Bertz CT molecular complexity index is 1430. The average molecular weight is 611 g/mol. The van der Waals surface area contributed by atoms with Crippen LogP contribution in [0.3, 0.4) is 0 Å². The van der Waals surface area contributed by atoms with Crippen LogP contribution in [0.5, 0.6) is 0 Å². The molecule has 1 amide bonds. The fraction of sp³-hybridized carbons (Fsp3) is 0.441. The van der Waals surface area contributed by atoms with Gasteiger partial charge < -0.3 is 29.6 Å². The number of carbonyl (C=O) groups is 3. The Balaban J connectivity index is 2.15. The first-order chi connectivity index (χ1) is 20.7. The number of rotatable bonds is 13. The van der Waals surface area contributed by atoms with Gasteiger partial charge in [-0.1, -0.05) is 42.5 Å². The Hall–Kier alpha value is -4.02. The molecule has 0 aliphatic carbocycles. The molecule has 1 aromatic heterocycles. The topological polar surface area (TPSA) is 127 Å². The normalized spacial score (nSPS) is 13.0. The first-order valence-corrected chi connectivity index (χ1v) is 14.7. The van der Waals surface area contributed by atoms with Crippen LogP contribution >= 0.6 is 0 Å². The molecule has 0 unspecified atom stereocenters. The van der Waals surface area contributed by atoms with Crippen LogP contribution in [-0.4, -0.2) is 64.1 Å². The smallest absolute Gasteiger partial charge is 0.325 e. The molecule has 44 heavy (non-hydrogen) atoms. The lowest BCUT2D eigenvalue weighted by Gasteiger charge is -2.21. The minimum absolute atomic E-state index is 0.0435. The van der Waals surface area contributed by atoms with Crippen LogP contribution in [0.2, 0.25) is 0 Å². The number of hydrogen-bond donors (Lipinski definition) is 3. The number of nitrogens with zero attached hydrogens (tertiary/aromatic N) is 1. The van der Waals surface area contributed by atoms with Crippen molar-refractivity contribution in [1.82, 2.24) is 9.88 Å². The Morgan fingerprint density at radius 1 is 0.909 bits per heavy atom. The van der Waals surface area contributed by atoms with E-state index in [9.17, 15) is 29.0 Å². The summed E-state index contributed by atoms with van der Waals surface area (Å²) >= 11 is 0. The molecule has 10 heteroatoms. The molecule has 0 spiro atoms. The first-order valence-electron chi connectivity index (χ1n) is 14.7. The van der Waals surface area contributed by atoms with E-state index >= 15 is 0 Å². The van der Waals surface area contributed by atoms with Crippen molar-refractivity contribution in [2.24, 2.45) is 0 Å². The van der Waals surface area contributed by atoms with Crippen LogP contribution in [0.1, 0.15) is 76.1 Å². The van der Waals surface area contributed by atoms with Crippen LogP contribution in [0, 0.1) is 5.82 Å². The van der Waals surface area contributed by atoms with E-state index in [2.05, 4.69) is 10.1 Å². The fourth-order valence-corrected chi connectivity index (χ4v) is 5.20. The molecule has 2 atom stereocenters. The van der Waals surface area contributed by atoms with E-state index in [0.29, 0.717) is 22.4 Å². The summed E-state index contributed by atoms with van der Waals surface area (Å²) in [6.07, 6.45) is -1.84. The molecule has 0 bridgehead atoms. The third-order valence-corrected chi connectivity index (χ3v) is 6.94. The second-order valence-corrected chi connectivity index (χ2v) is 12.0. The Kier molecular flexibility index (Phi) is 11.8. The van der Waals surface area contributed by atoms with Gasteiger partial charge in [-0.3, -0.25) is 14.4 Å². The maximum atomic E-state index is 14.0. The van der Waals surface area contributed by atoms with E-state index in [1.807, 2.05) is 48.7 Å². The minimum atomic E-state index is -1.08. The van der Waals surface area contributed by atoms with E-state index in [1.165, 1.54) is 19.2 Å². The summed E-state index contributed by atoms with van der Waals surface area (Å²) in [4.78, 5) is 38.0. The van der Waals surface area contributed by atoms with Crippen molar-refractivity contribution in [3.05, 3.63) is 71.8 Å². The number of aromatic nitrogens is 1. The summed E-state index contributed by atoms with van der Waals surface area (Å²) in [7, 11) is 1.23. The molecular weight excluding hydrogens is 567 g/mol. The van der Waals surface area contributed by atoms with E-state index in [0.717, 1.165) is 11.3 Å². The number of methoxy groups -OCH3 is 1. The molecule has 0 aliphatic rings. The summed E-state index contributed by atoms with van der Waals surface area (Å²) in [6.45, 7) is 8.74. The molecule has 0 radical (unpaired) electrons. The van der Waals surface area contributed by atoms with Gasteiger partial charge in [-0.15, -0.1) is 0 Å². The molecular formula is C34H43FN2O7. The SMILES string of the molecule is COC(=O)C[C@H](O)C[C@H](O)CCc1c(-c2ccc(F)cc2)c(-c2ccccc2)c(C(=O)NCC(=O)OC(C)(C)C)n1C(C)C. The summed E-state index contributed by atoms with van der Waals surface area (Å²) in [5.74, 6) is -2.06. The maximum absolute atomic E-state index is 14.0. The lowest BCUT2D eigenvalue weighted by molar-refractivity contribution is -0.153. The molecule has 0 fully saturated rings. The van der Waals surface area contributed by atoms with Crippen LogP contribution in [0.15, 0.2) is 54.6 Å². The van der Waals surface area contributed by atoms with E-state index in [-0.39, 0.29) is 38.3 Å². The predicted molar refractivity (Wildman–Crippen MR) is 165 cm³/mol. The molecule has 0 saturated carbocycles. The lowest BCUT2D eigenvalue weighted by Crippen LogP contribution is -2.36. The second-order valence-electron chi connectivity index (χ2n) is 12.0. The highest BCUT2D eigenvalue weighted by atomic mass is 19.1. The minimum Gasteiger partial charge on any atom is -0.469 e. The highest BCUT2D eigenvalue weighted by Crippen LogP contribution is 2.42. The standard InChI is InChI=1S/C34H43FN2O7/c1-21(2)37-27(17-16-25(38)18-26(39)19-28(40)43-6)30(23-12-14-24(35)15-13-23)31(22-10-8-7-9-11-22)32(37)33(42)36-20-29(41)44-34(3,4)5/h7-15,21,25-26,38-39H,16-20H2,1-6H3,(H,36,42)/t25-,26-/m1/s1. The van der Waals surface area contributed by atoms with Crippen LogP contribution in [-0.2, 0) is 25.5 Å². The number of carbonyl (C=O) groups excluding carboxylic acids is 3. The number of nitrogens with one attached hydrogen (secondary N) is 1. The zero-order chi connectivity index (χ0) is 32.6. The molecule has 0 saturated heterocycles. The summed E-state index contributed by atoms with van der Waals surface area (Å²) in [5, 5.41) is 23.8. The average Bonchev–Trinajstić information content (AvgIpc) is 3.30. The van der Waals surface area contributed by atoms with Crippen molar-refractivity contribution in [2.75, 3.05) is 13.7 Å².